The van der Waals surface area contributed by atoms with Gasteiger partial charge < -0.3 is 9.84 Å². The van der Waals surface area contributed by atoms with Gasteiger partial charge in [0.1, 0.15) is 11.6 Å². The third-order valence-corrected chi connectivity index (χ3v) is 7.16. The van der Waals surface area contributed by atoms with Crippen molar-refractivity contribution < 1.29 is 35.8 Å². The fourth-order valence-corrected chi connectivity index (χ4v) is 5.06. The average molecular weight is 554 g/mol. The second-order valence-corrected chi connectivity index (χ2v) is 11.2. The number of sulfone groups is 1. The smallest absolute Gasteiger partial charge is 0.416 e. The molecule has 0 aliphatic heterocycles. The molecule has 0 aliphatic carbocycles. The SMILES string of the molecule is CC(O)c1ccc(OCCCN(CCc2ccc(F)cc2)Cc2cccc(C(F)(F)F)c2)cc1S(C)(=O)=O. The number of hydrogen-bond donors (Lipinski definition) is 1. The summed E-state index contributed by atoms with van der Waals surface area (Å²) in [7, 11) is -3.58. The van der Waals surface area contributed by atoms with E-state index in [-0.39, 0.29) is 29.4 Å². The molecule has 206 valence electrons. The maximum atomic E-state index is 13.2. The van der Waals surface area contributed by atoms with Gasteiger partial charge in [-0.3, -0.25) is 4.90 Å². The standard InChI is InChI=1S/C28H31F4NO4S/c1-20(34)26-12-11-25(18-27(26)38(2,35)36)37-16-4-14-33(15-13-21-7-9-24(29)10-8-21)19-22-5-3-6-23(17-22)28(30,31)32/h3,5-12,17-18,20,34H,4,13-16,19H2,1-2H3. The molecule has 0 saturated carbocycles. The third-order valence-electron chi connectivity index (χ3n) is 6.01. The summed E-state index contributed by atoms with van der Waals surface area (Å²) in [6.07, 6.45) is -3.23. The highest BCUT2D eigenvalue weighted by Crippen LogP contribution is 2.30. The Balaban J connectivity index is 1.67. The fourth-order valence-electron chi connectivity index (χ4n) is 4.06. The van der Waals surface area contributed by atoms with Crippen LogP contribution in [-0.2, 0) is 29.0 Å². The highest BCUT2D eigenvalue weighted by molar-refractivity contribution is 7.90. The topological polar surface area (TPSA) is 66.8 Å². The summed E-state index contributed by atoms with van der Waals surface area (Å²) in [5.41, 5.74) is 1.00. The van der Waals surface area contributed by atoms with Crippen LogP contribution in [0.3, 0.4) is 0 Å². The van der Waals surface area contributed by atoms with E-state index in [0.29, 0.717) is 37.2 Å². The summed E-state index contributed by atoms with van der Waals surface area (Å²) < 4.78 is 82.8. The van der Waals surface area contributed by atoms with Crippen LogP contribution >= 0.6 is 0 Å². The van der Waals surface area contributed by atoms with Gasteiger partial charge in [-0.05, 0) is 66.8 Å². The summed E-state index contributed by atoms with van der Waals surface area (Å²) in [4.78, 5) is 2.00. The van der Waals surface area contributed by atoms with Crippen LogP contribution in [0.4, 0.5) is 17.6 Å². The van der Waals surface area contributed by atoms with Crippen molar-refractivity contribution in [1.29, 1.82) is 0 Å². The molecule has 0 spiro atoms. The molecule has 1 atom stereocenters. The van der Waals surface area contributed by atoms with Crippen LogP contribution in [0.1, 0.15) is 41.7 Å². The molecule has 1 N–H and O–H groups in total. The van der Waals surface area contributed by atoms with Crippen LogP contribution in [-0.4, -0.2) is 44.4 Å². The number of benzene rings is 3. The van der Waals surface area contributed by atoms with Gasteiger partial charge in [0.15, 0.2) is 9.84 Å². The predicted octanol–water partition coefficient (Wildman–Crippen LogP) is 5.82. The highest BCUT2D eigenvalue weighted by atomic mass is 32.2. The van der Waals surface area contributed by atoms with E-state index in [1.165, 1.54) is 37.3 Å². The largest absolute Gasteiger partial charge is 0.494 e. The molecule has 1 unspecified atom stereocenters. The zero-order valence-electron chi connectivity index (χ0n) is 21.2. The Hall–Kier alpha value is -2.95. The van der Waals surface area contributed by atoms with Gasteiger partial charge in [-0.1, -0.05) is 36.4 Å². The van der Waals surface area contributed by atoms with Crippen molar-refractivity contribution in [1.82, 2.24) is 4.90 Å². The minimum atomic E-state index is -4.43. The molecule has 0 aliphatic rings. The van der Waals surface area contributed by atoms with E-state index in [4.69, 9.17) is 4.74 Å². The van der Waals surface area contributed by atoms with Crippen molar-refractivity contribution in [3.05, 3.63) is 94.8 Å². The van der Waals surface area contributed by atoms with E-state index in [9.17, 15) is 31.1 Å². The number of aliphatic hydroxyl groups excluding tert-OH is 1. The van der Waals surface area contributed by atoms with Crippen molar-refractivity contribution in [2.75, 3.05) is 26.0 Å². The van der Waals surface area contributed by atoms with Crippen molar-refractivity contribution in [3.63, 3.8) is 0 Å². The van der Waals surface area contributed by atoms with Gasteiger partial charge >= 0.3 is 6.18 Å². The highest BCUT2D eigenvalue weighted by Gasteiger charge is 2.30. The van der Waals surface area contributed by atoms with E-state index in [2.05, 4.69) is 0 Å². The summed E-state index contributed by atoms with van der Waals surface area (Å²) in [5, 5.41) is 9.87. The summed E-state index contributed by atoms with van der Waals surface area (Å²) in [6.45, 7) is 3.04. The molecule has 3 aromatic carbocycles. The zero-order chi connectivity index (χ0) is 27.9. The van der Waals surface area contributed by atoms with E-state index in [0.717, 1.165) is 24.0 Å². The van der Waals surface area contributed by atoms with Crippen LogP contribution < -0.4 is 4.74 Å². The van der Waals surface area contributed by atoms with E-state index >= 15 is 0 Å². The minimum Gasteiger partial charge on any atom is -0.494 e. The first-order chi connectivity index (χ1) is 17.8. The fraction of sp³-hybridized carbons (Fsp3) is 0.357. The molecule has 0 radical (unpaired) electrons. The Bertz CT molecular complexity index is 1310. The van der Waals surface area contributed by atoms with Gasteiger partial charge in [0.05, 0.1) is 23.2 Å². The lowest BCUT2D eigenvalue weighted by molar-refractivity contribution is -0.137. The number of hydrogen-bond acceptors (Lipinski definition) is 5. The van der Waals surface area contributed by atoms with Gasteiger partial charge in [-0.25, -0.2) is 12.8 Å². The molecule has 38 heavy (non-hydrogen) atoms. The number of halogens is 4. The van der Waals surface area contributed by atoms with Crippen molar-refractivity contribution in [3.8, 4) is 5.75 Å². The quantitative estimate of drug-likeness (QED) is 0.226. The molecular formula is C28H31F4NO4S. The molecule has 3 rings (SSSR count). The molecule has 0 heterocycles. The number of nitrogens with zero attached hydrogens (tertiary/aromatic N) is 1. The Kier molecular flexibility index (Phi) is 9.92. The molecule has 5 nitrogen and oxygen atoms in total. The Morgan fingerprint density at radius 1 is 0.974 bits per heavy atom. The Morgan fingerprint density at radius 3 is 2.32 bits per heavy atom. The van der Waals surface area contributed by atoms with Crippen molar-refractivity contribution in [2.24, 2.45) is 0 Å². The van der Waals surface area contributed by atoms with E-state index in [1.807, 2.05) is 4.90 Å². The molecule has 0 aromatic heterocycles. The van der Waals surface area contributed by atoms with Crippen molar-refractivity contribution >= 4 is 9.84 Å². The van der Waals surface area contributed by atoms with Gasteiger partial charge in [0.25, 0.3) is 0 Å². The number of rotatable bonds is 12. The molecular weight excluding hydrogens is 522 g/mol. The van der Waals surface area contributed by atoms with Crippen LogP contribution in [0.5, 0.6) is 5.75 Å². The van der Waals surface area contributed by atoms with Gasteiger partial charge in [-0.2, -0.15) is 13.2 Å². The van der Waals surface area contributed by atoms with E-state index < -0.39 is 27.7 Å². The predicted molar refractivity (Wildman–Crippen MR) is 137 cm³/mol. The minimum absolute atomic E-state index is 0.00419. The van der Waals surface area contributed by atoms with Crippen LogP contribution in [0, 0.1) is 5.82 Å². The van der Waals surface area contributed by atoms with Crippen LogP contribution in [0.25, 0.3) is 0 Å². The maximum absolute atomic E-state index is 13.2. The lowest BCUT2D eigenvalue weighted by Gasteiger charge is -2.23. The lowest BCUT2D eigenvalue weighted by atomic mass is 10.1. The number of aliphatic hydroxyl groups is 1. The monoisotopic (exact) mass is 553 g/mol. The average Bonchev–Trinajstić information content (AvgIpc) is 2.85. The number of alkyl halides is 3. The molecule has 3 aromatic rings. The first-order valence-corrected chi connectivity index (χ1v) is 14.0. The van der Waals surface area contributed by atoms with Gasteiger partial charge in [-0.15, -0.1) is 0 Å². The molecule has 0 saturated heterocycles. The maximum Gasteiger partial charge on any atom is 0.416 e. The molecule has 10 heteroatoms. The first kappa shape index (κ1) is 29.6. The second kappa shape index (κ2) is 12.7. The first-order valence-electron chi connectivity index (χ1n) is 12.1. The van der Waals surface area contributed by atoms with Crippen LogP contribution in [0.15, 0.2) is 71.6 Å². The van der Waals surface area contributed by atoms with Crippen molar-refractivity contribution in [2.45, 2.75) is 43.5 Å². The second-order valence-electron chi connectivity index (χ2n) is 9.20. The normalized spacial score (nSPS) is 13.1. The molecule has 0 bridgehead atoms. The summed E-state index contributed by atoms with van der Waals surface area (Å²) in [5.74, 6) is -0.00204. The summed E-state index contributed by atoms with van der Waals surface area (Å²) in [6, 6.07) is 15.8. The van der Waals surface area contributed by atoms with Crippen LogP contribution in [0.2, 0.25) is 0 Å². The Morgan fingerprint density at radius 2 is 1.68 bits per heavy atom. The Labute approximate surface area is 220 Å². The van der Waals surface area contributed by atoms with Gasteiger partial charge in [0, 0.05) is 25.9 Å². The lowest BCUT2D eigenvalue weighted by Crippen LogP contribution is -2.28. The third kappa shape index (κ3) is 8.82. The summed E-state index contributed by atoms with van der Waals surface area (Å²) >= 11 is 0. The number of ether oxygens (including phenoxy) is 1. The molecule has 0 fully saturated rings. The molecule has 0 amide bonds. The van der Waals surface area contributed by atoms with Gasteiger partial charge in [0.2, 0.25) is 0 Å². The zero-order valence-corrected chi connectivity index (χ0v) is 22.0. The van der Waals surface area contributed by atoms with E-state index in [1.54, 1.807) is 24.3 Å².